The van der Waals surface area contributed by atoms with Crippen molar-refractivity contribution >= 4 is 11.7 Å². The van der Waals surface area contributed by atoms with E-state index in [1.54, 1.807) is 6.20 Å². The van der Waals surface area contributed by atoms with Crippen LogP contribution in [-0.2, 0) is 0 Å². The molecule has 0 bridgehead atoms. The first kappa shape index (κ1) is 15.0. The maximum absolute atomic E-state index is 11.9. The minimum Gasteiger partial charge on any atom is -0.330 e. The topological polar surface area (TPSA) is 80.0 Å². The molecule has 21 heavy (non-hydrogen) atoms. The van der Waals surface area contributed by atoms with Crippen LogP contribution in [0.25, 0.3) is 0 Å². The number of urea groups is 1. The fourth-order valence-corrected chi connectivity index (χ4v) is 1.94. The van der Waals surface area contributed by atoms with Crippen LogP contribution in [0.5, 0.6) is 0 Å². The Kier molecular flexibility index (Phi) is 4.90. The molecule has 0 radical (unpaired) electrons. The van der Waals surface area contributed by atoms with Crippen LogP contribution < -0.4 is 16.4 Å². The van der Waals surface area contributed by atoms with Gasteiger partial charge in [-0.1, -0.05) is 18.2 Å². The highest BCUT2D eigenvalue weighted by Crippen LogP contribution is 2.14. The van der Waals surface area contributed by atoms with Crippen LogP contribution in [0.1, 0.15) is 37.2 Å². The number of hydrogen-bond acceptors (Lipinski definition) is 3. The number of benzene rings is 1. The number of anilines is 1. The number of aromatic nitrogens is 1. The number of carbonyl (C=O) groups excluding carboxylic acids is 1. The van der Waals surface area contributed by atoms with Crippen molar-refractivity contribution in [1.29, 1.82) is 0 Å². The first-order chi connectivity index (χ1) is 10.1. The Morgan fingerprint density at radius 2 is 1.86 bits per heavy atom. The van der Waals surface area contributed by atoms with Gasteiger partial charge in [0.15, 0.2) is 0 Å². The second-order valence-corrected chi connectivity index (χ2v) is 4.99. The summed E-state index contributed by atoms with van der Waals surface area (Å²) in [4.78, 5) is 16.2. The molecule has 1 heterocycles. The molecule has 0 spiro atoms. The van der Waals surface area contributed by atoms with E-state index in [1.165, 1.54) is 0 Å². The van der Waals surface area contributed by atoms with E-state index in [0.717, 1.165) is 16.9 Å². The summed E-state index contributed by atoms with van der Waals surface area (Å²) < 4.78 is 0. The normalized spacial score (nSPS) is 13.3. The third-order valence-electron chi connectivity index (χ3n) is 3.17. The standard InChI is InChI=1S/C16H20N4O/c1-11(17)13-6-8-14(9-7-13)20-16(21)19-12(2)15-5-3-4-10-18-15/h3-12H,17H2,1-2H3,(H2,19,20,21). The summed E-state index contributed by atoms with van der Waals surface area (Å²) in [6, 6.07) is 12.7. The monoisotopic (exact) mass is 284 g/mol. The number of pyridine rings is 1. The Balaban J connectivity index is 1.92. The molecule has 0 aliphatic carbocycles. The number of nitrogens with zero attached hydrogens (tertiary/aromatic N) is 1. The fraction of sp³-hybridized carbons (Fsp3) is 0.250. The summed E-state index contributed by atoms with van der Waals surface area (Å²) >= 11 is 0. The second-order valence-electron chi connectivity index (χ2n) is 4.99. The molecule has 0 saturated heterocycles. The van der Waals surface area contributed by atoms with Crippen LogP contribution in [0.2, 0.25) is 0 Å². The summed E-state index contributed by atoms with van der Waals surface area (Å²) in [7, 11) is 0. The van der Waals surface area contributed by atoms with Crippen LogP contribution in [-0.4, -0.2) is 11.0 Å². The van der Waals surface area contributed by atoms with Crippen LogP contribution in [0.4, 0.5) is 10.5 Å². The van der Waals surface area contributed by atoms with E-state index in [1.807, 2.05) is 56.3 Å². The number of rotatable bonds is 4. The van der Waals surface area contributed by atoms with Gasteiger partial charge in [-0.25, -0.2) is 4.79 Å². The zero-order valence-corrected chi connectivity index (χ0v) is 12.2. The summed E-state index contributed by atoms with van der Waals surface area (Å²) in [6.07, 6.45) is 1.71. The second kappa shape index (κ2) is 6.85. The Labute approximate surface area is 124 Å². The maximum atomic E-state index is 11.9. The van der Waals surface area contributed by atoms with Crippen molar-refractivity contribution < 1.29 is 4.79 Å². The van der Waals surface area contributed by atoms with Crippen molar-refractivity contribution in [2.24, 2.45) is 5.73 Å². The van der Waals surface area contributed by atoms with Crippen molar-refractivity contribution in [3.63, 3.8) is 0 Å². The smallest absolute Gasteiger partial charge is 0.319 e. The summed E-state index contributed by atoms with van der Waals surface area (Å²) in [5.41, 5.74) is 8.37. The Hall–Kier alpha value is -2.40. The van der Waals surface area contributed by atoms with Gasteiger partial charge in [0.2, 0.25) is 0 Å². The largest absolute Gasteiger partial charge is 0.330 e. The molecule has 4 N–H and O–H groups in total. The Morgan fingerprint density at radius 1 is 1.14 bits per heavy atom. The van der Waals surface area contributed by atoms with E-state index in [9.17, 15) is 4.79 Å². The van der Waals surface area contributed by atoms with Gasteiger partial charge in [-0.05, 0) is 43.7 Å². The highest BCUT2D eigenvalue weighted by molar-refractivity contribution is 5.89. The van der Waals surface area contributed by atoms with Crippen molar-refractivity contribution in [3.05, 3.63) is 59.9 Å². The number of nitrogens with two attached hydrogens (primary N) is 1. The molecule has 2 rings (SSSR count). The molecule has 2 amide bonds. The number of carbonyl (C=O) groups is 1. The SMILES string of the molecule is CC(N)c1ccc(NC(=O)NC(C)c2ccccn2)cc1. The lowest BCUT2D eigenvalue weighted by molar-refractivity contribution is 0.249. The lowest BCUT2D eigenvalue weighted by Crippen LogP contribution is -2.31. The fourth-order valence-electron chi connectivity index (χ4n) is 1.94. The summed E-state index contributed by atoms with van der Waals surface area (Å²) in [6.45, 7) is 3.81. The van der Waals surface area contributed by atoms with E-state index >= 15 is 0 Å². The molecule has 0 aliphatic heterocycles. The van der Waals surface area contributed by atoms with Crippen LogP contribution in [0.15, 0.2) is 48.7 Å². The first-order valence-corrected chi connectivity index (χ1v) is 6.90. The highest BCUT2D eigenvalue weighted by atomic mass is 16.2. The molecule has 5 nitrogen and oxygen atoms in total. The van der Waals surface area contributed by atoms with E-state index in [4.69, 9.17) is 5.73 Å². The van der Waals surface area contributed by atoms with Gasteiger partial charge in [-0.3, -0.25) is 4.98 Å². The number of nitrogens with one attached hydrogen (secondary N) is 2. The zero-order valence-electron chi connectivity index (χ0n) is 12.2. The first-order valence-electron chi connectivity index (χ1n) is 6.90. The van der Waals surface area contributed by atoms with Gasteiger partial charge in [0.05, 0.1) is 11.7 Å². The van der Waals surface area contributed by atoms with E-state index in [-0.39, 0.29) is 18.1 Å². The molecule has 5 heteroatoms. The minimum atomic E-state index is -0.262. The molecule has 0 fully saturated rings. The van der Waals surface area contributed by atoms with Crippen molar-refractivity contribution in [2.75, 3.05) is 5.32 Å². The number of hydrogen-bond donors (Lipinski definition) is 3. The van der Waals surface area contributed by atoms with Gasteiger partial charge in [0, 0.05) is 17.9 Å². The predicted octanol–water partition coefficient (Wildman–Crippen LogP) is 2.98. The lowest BCUT2D eigenvalue weighted by Gasteiger charge is -2.14. The van der Waals surface area contributed by atoms with Crippen LogP contribution in [0.3, 0.4) is 0 Å². The lowest BCUT2D eigenvalue weighted by atomic mass is 10.1. The van der Waals surface area contributed by atoms with Crippen LogP contribution in [0, 0.1) is 0 Å². The molecule has 2 aromatic rings. The molecular formula is C16H20N4O. The van der Waals surface area contributed by atoms with Crippen molar-refractivity contribution in [1.82, 2.24) is 10.3 Å². The average molecular weight is 284 g/mol. The maximum Gasteiger partial charge on any atom is 0.319 e. The van der Waals surface area contributed by atoms with Gasteiger partial charge in [-0.15, -0.1) is 0 Å². The highest BCUT2D eigenvalue weighted by Gasteiger charge is 2.10. The Morgan fingerprint density at radius 3 is 2.43 bits per heavy atom. The molecule has 110 valence electrons. The average Bonchev–Trinajstić information content (AvgIpc) is 2.48. The third kappa shape index (κ3) is 4.29. The zero-order chi connectivity index (χ0) is 15.2. The summed E-state index contributed by atoms with van der Waals surface area (Å²) in [5, 5.41) is 5.63. The molecule has 2 atom stereocenters. The Bertz CT molecular complexity index is 581. The van der Waals surface area contributed by atoms with Gasteiger partial charge < -0.3 is 16.4 Å². The number of amides is 2. The van der Waals surface area contributed by atoms with Crippen molar-refractivity contribution in [3.8, 4) is 0 Å². The molecule has 0 aliphatic rings. The minimum absolute atomic E-state index is 0.0166. The predicted molar refractivity (Wildman–Crippen MR) is 83.9 cm³/mol. The van der Waals surface area contributed by atoms with Gasteiger partial charge >= 0.3 is 6.03 Å². The van der Waals surface area contributed by atoms with Gasteiger partial charge in [0.1, 0.15) is 0 Å². The van der Waals surface area contributed by atoms with E-state index < -0.39 is 0 Å². The van der Waals surface area contributed by atoms with Gasteiger partial charge in [0.25, 0.3) is 0 Å². The molecule has 1 aromatic heterocycles. The van der Waals surface area contributed by atoms with Crippen molar-refractivity contribution in [2.45, 2.75) is 25.9 Å². The molecule has 0 saturated carbocycles. The van der Waals surface area contributed by atoms with Crippen LogP contribution >= 0.6 is 0 Å². The molecular weight excluding hydrogens is 264 g/mol. The molecule has 1 aromatic carbocycles. The molecule has 2 unspecified atom stereocenters. The van der Waals surface area contributed by atoms with E-state index in [2.05, 4.69) is 15.6 Å². The van der Waals surface area contributed by atoms with E-state index in [0.29, 0.717) is 0 Å². The van der Waals surface area contributed by atoms with Gasteiger partial charge in [-0.2, -0.15) is 0 Å². The third-order valence-corrected chi connectivity index (χ3v) is 3.17. The summed E-state index contributed by atoms with van der Waals surface area (Å²) in [5.74, 6) is 0. The quantitative estimate of drug-likeness (QED) is 0.807.